The molecule has 0 unspecified atom stereocenters. The summed E-state index contributed by atoms with van der Waals surface area (Å²) >= 11 is 6.20. The number of carbonyl (C=O) groups is 1. The molecule has 1 saturated heterocycles. The summed E-state index contributed by atoms with van der Waals surface area (Å²) < 4.78 is 5.06. The third kappa shape index (κ3) is 3.20. The second-order valence-electron chi connectivity index (χ2n) is 5.47. The van der Waals surface area contributed by atoms with Crippen LogP contribution in [0.2, 0.25) is 5.02 Å². The SMILES string of the molecule is COc1ncc(Cl)c(N2CCCN(C(=O)C3CC3)CC2)n1. The van der Waals surface area contributed by atoms with Crippen molar-refractivity contribution in [3.8, 4) is 6.01 Å². The number of anilines is 1. The highest BCUT2D eigenvalue weighted by atomic mass is 35.5. The summed E-state index contributed by atoms with van der Waals surface area (Å²) in [4.78, 5) is 24.6. The fraction of sp³-hybridized carbons (Fsp3) is 0.643. The third-order valence-corrected chi connectivity index (χ3v) is 4.19. The molecule has 0 radical (unpaired) electrons. The van der Waals surface area contributed by atoms with Gasteiger partial charge in [0.2, 0.25) is 5.91 Å². The van der Waals surface area contributed by atoms with Crippen molar-refractivity contribution in [2.24, 2.45) is 5.92 Å². The Labute approximate surface area is 129 Å². The van der Waals surface area contributed by atoms with Gasteiger partial charge in [-0.3, -0.25) is 4.79 Å². The summed E-state index contributed by atoms with van der Waals surface area (Å²) in [5.74, 6) is 1.27. The number of methoxy groups -OCH3 is 1. The van der Waals surface area contributed by atoms with Crippen molar-refractivity contribution in [1.29, 1.82) is 0 Å². The van der Waals surface area contributed by atoms with Gasteiger partial charge in [-0.05, 0) is 19.3 Å². The minimum Gasteiger partial charge on any atom is -0.467 e. The summed E-state index contributed by atoms with van der Waals surface area (Å²) in [6, 6.07) is 0.310. The average molecular weight is 311 g/mol. The van der Waals surface area contributed by atoms with E-state index < -0.39 is 0 Å². The van der Waals surface area contributed by atoms with Gasteiger partial charge in [0.05, 0.1) is 13.3 Å². The Morgan fingerprint density at radius 2 is 2.14 bits per heavy atom. The molecule has 7 heteroatoms. The van der Waals surface area contributed by atoms with Gasteiger partial charge in [0.1, 0.15) is 5.02 Å². The Kier molecular flexibility index (Phi) is 4.14. The quantitative estimate of drug-likeness (QED) is 0.848. The summed E-state index contributed by atoms with van der Waals surface area (Å²) in [6.07, 6.45) is 4.57. The molecule has 1 aliphatic heterocycles. The molecule has 1 aliphatic carbocycles. The molecule has 2 fully saturated rings. The number of rotatable bonds is 3. The average Bonchev–Trinajstić information content (AvgIpc) is 3.34. The Morgan fingerprint density at radius 1 is 1.33 bits per heavy atom. The van der Waals surface area contributed by atoms with Crippen LogP contribution >= 0.6 is 11.6 Å². The first kappa shape index (κ1) is 14.4. The van der Waals surface area contributed by atoms with Gasteiger partial charge in [-0.25, -0.2) is 4.98 Å². The van der Waals surface area contributed by atoms with Crippen molar-refractivity contribution in [1.82, 2.24) is 14.9 Å². The third-order valence-electron chi connectivity index (χ3n) is 3.92. The van der Waals surface area contributed by atoms with E-state index in [1.165, 1.54) is 7.11 Å². The van der Waals surface area contributed by atoms with Crippen molar-refractivity contribution in [2.45, 2.75) is 19.3 Å². The standard InChI is InChI=1S/C14H19ClN4O2/c1-21-14-16-9-11(15)12(17-14)18-5-2-6-19(8-7-18)13(20)10-3-4-10/h9-10H,2-8H2,1H3. The number of ether oxygens (including phenoxy) is 1. The van der Waals surface area contributed by atoms with Crippen LogP contribution in [0.25, 0.3) is 0 Å². The first-order chi connectivity index (χ1) is 10.2. The zero-order valence-electron chi connectivity index (χ0n) is 12.1. The van der Waals surface area contributed by atoms with Crippen LogP contribution in [0.15, 0.2) is 6.20 Å². The van der Waals surface area contributed by atoms with Crippen LogP contribution in [0, 0.1) is 5.92 Å². The maximum Gasteiger partial charge on any atom is 0.318 e. The molecule has 1 aromatic rings. The van der Waals surface area contributed by atoms with Gasteiger partial charge >= 0.3 is 6.01 Å². The van der Waals surface area contributed by atoms with E-state index in [1.807, 2.05) is 4.90 Å². The van der Waals surface area contributed by atoms with Crippen LogP contribution in [-0.2, 0) is 4.79 Å². The zero-order valence-corrected chi connectivity index (χ0v) is 12.8. The van der Waals surface area contributed by atoms with Crippen molar-refractivity contribution in [2.75, 3.05) is 38.2 Å². The molecule has 2 aliphatic rings. The van der Waals surface area contributed by atoms with Gasteiger partial charge in [-0.2, -0.15) is 4.98 Å². The van der Waals surface area contributed by atoms with Crippen molar-refractivity contribution in [3.05, 3.63) is 11.2 Å². The summed E-state index contributed by atoms with van der Waals surface area (Å²) in [5.41, 5.74) is 0. The Morgan fingerprint density at radius 3 is 2.86 bits per heavy atom. The molecule has 114 valence electrons. The van der Waals surface area contributed by atoms with Gasteiger partial charge in [0.25, 0.3) is 0 Å². The Bertz CT molecular complexity index is 536. The van der Waals surface area contributed by atoms with Gasteiger partial charge < -0.3 is 14.5 Å². The van der Waals surface area contributed by atoms with Crippen LogP contribution in [-0.4, -0.2) is 54.1 Å². The molecule has 1 saturated carbocycles. The second-order valence-corrected chi connectivity index (χ2v) is 5.88. The first-order valence-electron chi connectivity index (χ1n) is 7.29. The van der Waals surface area contributed by atoms with E-state index in [1.54, 1.807) is 6.20 Å². The number of nitrogens with zero attached hydrogens (tertiary/aromatic N) is 4. The highest BCUT2D eigenvalue weighted by Crippen LogP contribution is 2.32. The molecule has 0 spiro atoms. The summed E-state index contributed by atoms with van der Waals surface area (Å²) in [5, 5.41) is 0.512. The molecular formula is C14H19ClN4O2. The number of amides is 1. The monoisotopic (exact) mass is 310 g/mol. The molecule has 0 N–H and O–H groups in total. The lowest BCUT2D eigenvalue weighted by Gasteiger charge is -2.23. The van der Waals surface area contributed by atoms with Crippen molar-refractivity contribution in [3.63, 3.8) is 0 Å². The molecule has 0 bridgehead atoms. The minimum absolute atomic E-state index is 0.277. The number of aromatic nitrogens is 2. The van der Waals surface area contributed by atoms with Gasteiger partial charge in [0.15, 0.2) is 5.82 Å². The van der Waals surface area contributed by atoms with Crippen LogP contribution in [0.1, 0.15) is 19.3 Å². The molecule has 1 aromatic heterocycles. The molecule has 6 nitrogen and oxygen atoms in total. The summed E-state index contributed by atoms with van der Waals surface area (Å²) in [7, 11) is 1.53. The van der Waals surface area contributed by atoms with Crippen LogP contribution in [0.4, 0.5) is 5.82 Å². The number of hydrogen-bond donors (Lipinski definition) is 0. The minimum atomic E-state index is 0.277. The van der Waals surface area contributed by atoms with E-state index in [4.69, 9.17) is 16.3 Å². The topological polar surface area (TPSA) is 58.6 Å². The summed E-state index contributed by atoms with van der Waals surface area (Å²) in [6.45, 7) is 3.09. The molecule has 2 heterocycles. The highest BCUT2D eigenvalue weighted by Gasteiger charge is 2.34. The predicted octanol–water partition coefficient (Wildman–Crippen LogP) is 1.59. The molecular weight excluding hydrogens is 292 g/mol. The van der Waals surface area contributed by atoms with Crippen LogP contribution in [0.5, 0.6) is 6.01 Å². The van der Waals surface area contributed by atoms with E-state index in [-0.39, 0.29) is 5.92 Å². The Balaban J connectivity index is 1.70. The molecule has 0 atom stereocenters. The molecule has 3 rings (SSSR count). The van der Waals surface area contributed by atoms with Gasteiger partial charge in [-0.1, -0.05) is 11.6 Å². The first-order valence-corrected chi connectivity index (χ1v) is 7.67. The largest absolute Gasteiger partial charge is 0.467 e. The maximum absolute atomic E-state index is 12.2. The van der Waals surface area contributed by atoms with E-state index in [0.717, 1.165) is 45.4 Å². The second kappa shape index (κ2) is 6.05. The fourth-order valence-corrected chi connectivity index (χ4v) is 2.81. The lowest BCUT2D eigenvalue weighted by molar-refractivity contribution is -0.132. The maximum atomic E-state index is 12.2. The van der Waals surface area contributed by atoms with Crippen molar-refractivity contribution >= 4 is 23.3 Å². The van der Waals surface area contributed by atoms with Crippen molar-refractivity contribution < 1.29 is 9.53 Å². The normalized spacial score (nSPS) is 19.3. The highest BCUT2D eigenvalue weighted by molar-refractivity contribution is 6.32. The predicted molar refractivity (Wildman–Crippen MR) is 79.7 cm³/mol. The van der Waals surface area contributed by atoms with E-state index >= 15 is 0 Å². The molecule has 21 heavy (non-hydrogen) atoms. The smallest absolute Gasteiger partial charge is 0.318 e. The molecule has 1 amide bonds. The van der Waals surface area contributed by atoms with E-state index in [2.05, 4.69) is 14.9 Å². The van der Waals surface area contributed by atoms with Gasteiger partial charge in [0, 0.05) is 32.1 Å². The number of halogens is 1. The van der Waals surface area contributed by atoms with Crippen LogP contribution in [0.3, 0.4) is 0 Å². The zero-order chi connectivity index (χ0) is 14.8. The van der Waals surface area contributed by atoms with E-state index in [0.29, 0.717) is 22.8 Å². The van der Waals surface area contributed by atoms with Crippen LogP contribution < -0.4 is 9.64 Å². The number of hydrogen-bond acceptors (Lipinski definition) is 5. The lowest BCUT2D eigenvalue weighted by atomic mass is 10.3. The van der Waals surface area contributed by atoms with Gasteiger partial charge in [-0.15, -0.1) is 0 Å². The Hall–Kier alpha value is -1.56. The number of carbonyl (C=O) groups excluding carboxylic acids is 1. The molecule has 0 aromatic carbocycles. The fourth-order valence-electron chi connectivity index (χ4n) is 2.60. The lowest BCUT2D eigenvalue weighted by Crippen LogP contribution is -2.36. The van der Waals surface area contributed by atoms with E-state index in [9.17, 15) is 4.79 Å².